The third-order valence-electron chi connectivity index (χ3n) is 3.89. The second-order valence-corrected chi connectivity index (χ2v) is 6.83. The zero-order valence-corrected chi connectivity index (χ0v) is 11.1. The first-order valence-corrected chi connectivity index (χ1v) is 6.89. The number of hydrogen-bond donors (Lipinski definition) is 1. The van der Waals surface area contributed by atoms with Crippen LogP contribution < -0.4 is 5.32 Å². The van der Waals surface area contributed by atoms with Crippen LogP contribution in [0.3, 0.4) is 0 Å². The minimum Gasteiger partial charge on any atom is -0.359 e. The Kier molecular flexibility index (Phi) is 2.78. The van der Waals surface area contributed by atoms with Crippen molar-refractivity contribution in [3.8, 4) is 0 Å². The molecule has 0 aromatic heterocycles. The van der Waals surface area contributed by atoms with Gasteiger partial charge in [-0.15, -0.1) is 0 Å². The molecule has 0 radical (unpaired) electrons. The van der Waals surface area contributed by atoms with Crippen LogP contribution in [0, 0.1) is 11.3 Å². The highest BCUT2D eigenvalue weighted by molar-refractivity contribution is 8.14. The van der Waals surface area contributed by atoms with Gasteiger partial charge in [-0.1, -0.05) is 32.5 Å². The second kappa shape index (κ2) is 3.69. The third kappa shape index (κ3) is 2.49. The van der Waals surface area contributed by atoms with Crippen LogP contribution in [0.4, 0.5) is 0 Å². The van der Waals surface area contributed by atoms with E-state index in [1.165, 1.54) is 18.0 Å². The van der Waals surface area contributed by atoms with Crippen molar-refractivity contribution >= 4 is 16.9 Å². The Morgan fingerprint density at radius 2 is 2.13 bits per heavy atom. The summed E-state index contributed by atoms with van der Waals surface area (Å²) < 4.78 is 0. The van der Waals surface area contributed by atoms with Gasteiger partial charge in [-0.2, -0.15) is 0 Å². The van der Waals surface area contributed by atoms with Crippen molar-refractivity contribution in [1.82, 2.24) is 5.32 Å². The molecule has 15 heavy (non-hydrogen) atoms. The van der Waals surface area contributed by atoms with Crippen molar-refractivity contribution in [3.63, 3.8) is 0 Å². The van der Waals surface area contributed by atoms with E-state index in [0.29, 0.717) is 5.41 Å². The predicted molar refractivity (Wildman–Crippen MR) is 68.5 cm³/mol. The lowest BCUT2D eigenvalue weighted by molar-refractivity contribution is 0.466. The maximum absolute atomic E-state index is 4.69. The normalized spacial score (nSPS) is 40.5. The fraction of sp³-hybridized carbons (Fsp3) is 0.917. The Morgan fingerprint density at radius 3 is 2.60 bits per heavy atom. The van der Waals surface area contributed by atoms with Crippen molar-refractivity contribution in [2.45, 2.75) is 46.1 Å². The summed E-state index contributed by atoms with van der Waals surface area (Å²) in [6.45, 7) is 10.2. The average Bonchev–Trinajstić information content (AvgIpc) is 2.61. The SMILES string of the molecule is CCC1(C)CSC(=NCC2CC2(C)C)N1. The molecule has 86 valence electrons. The highest BCUT2D eigenvalue weighted by Gasteiger charge is 2.45. The Balaban J connectivity index is 1.84. The van der Waals surface area contributed by atoms with Gasteiger partial charge in [0.15, 0.2) is 5.17 Å². The molecular weight excluding hydrogens is 204 g/mol. The summed E-state index contributed by atoms with van der Waals surface area (Å²) in [6.07, 6.45) is 2.52. The summed E-state index contributed by atoms with van der Waals surface area (Å²) >= 11 is 1.88. The molecule has 2 fully saturated rings. The molecule has 0 amide bonds. The van der Waals surface area contributed by atoms with Crippen molar-refractivity contribution < 1.29 is 0 Å². The van der Waals surface area contributed by atoms with E-state index in [0.717, 1.165) is 18.2 Å². The largest absolute Gasteiger partial charge is 0.359 e. The van der Waals surface area contributed by atoms with E-state index < -0.39 is 0 Å². The number of rotatable bonds is 3. The summed E-state index contributed by atoms with van der Waals surface area (Å²) in [5.74, 6) is 1.98. The van der Waals surface area contributed by atoms with E-state index >= 15 is 0 Å². The highest BCUT2D eigenvalue weighted by atomic mass is 32.2. The summed E-state index contributed by atoms with van der Waals surface area (Å²) in [4.78, 5) is 4.69. The number of thioether (sulfide) groups is 1. The van der Waals surface area contributed by atoms with E-state index in [-0.39, 0.29) is 5.54 Å². The maximum Gasteiger partial charge on any atom is 0.157 e. The zero-order valence-electron chi connectivity index (χ0n) is 10.3. The summed E-state index contributed by atoms with van der Waals surface area (Å²) in [7, 11) is 0. The molecule has 2 rings (SSSR count). The molecule has 0 spiro atoms. The van der Waals surface area contributed by atoms with Crippen LogP contribution in [-0.4, -0.2) is 23.0 Å². The summed E-state index contributed by atoms with van der Waals surface area (Å²) in [5, 5.41) is 4.71. The zero-order chi connectivity index (χ0) is 11.1. The lowest BCUT2D eigenvalue weighted by atomic mass is 10.0. The standard InChI is InChI=1S/C12H22N2S/c1-5-12(4)8-15-10(14-12)13-7-9-6-11(9,2)3/h9H,5-8H2,1-4H3,(H,13,14). The first-order valence-electron chi connectivity index (χ1n) is 5.91. The Morgan fingerprint density at radius 1 is 1.47 bits per heavy atom. The van der Waals surface area contributed by atoms with Crippen LogP contribution in [0.25, 0.3) is 0 Å². The van der Waals surface area contributed by atoms with Gasteiger partial charge in [0, 0.05) is 17.8 Å². The topological polar surface area (TPSA) is 24.4 Å². The minimum absolute atomic E-state index is 0.280. The van der Waals surface area contributed by atoms with Crippen molar-refractivity contribution in [3.05, 3.63) is 0 Å². The quantitative estimate of drug-likeness (QED) is 0.800. The molecule has 1 saturated carbocycles. The van der Waals surface area contributed by atoms with Crippen LogP contribution in [0.5, 0.6) is 0 Å². The summed E-state index contributed by atoms with van der Waals surface area (Å²) in [5.41, 5.74) is 0.837. The van der Waals surface area contributed by atoms with Crippen LogP contribution in [0.15, 0.2) is 4.99 Å². The summed E-state index contributed by atoms with van der Waals surface area (Å²) in [6, 6.07) is 0. The van der Waals surface area contributed by atoms with Crippen LogP contribution in [0.2, 0.25) is 0 Å². The molecule has 2 unspecified atom stereocenters. The van der Waals surface area contributed by atoms with E-state index in [2.05, 4.69) is 33.0 Å². The maximum atomic E-state index is 4.69. The smallest absolute Gasteiger partial charge is 0.157 e. The predicted octanol–water partition coefficient (Wildman–Crippen LogP) is 2.89. The Bertz CT molecular complexity index is 285. The van der Waals surface area contributed by atoms with E-state index in [1.807, 2.05) is 11.8 Å². The molecule has 1 N–H and O–H groups in total. The van der Waals surface area contributed by atoms with E-state index in [9.17, 15) is 0 Å². The van der Waals surface area contributed by atoms with Crippen LogP contribution in [-0.2, 0) is 0 Å². The fourth-order valence-electron chi connectivity index (χ4n) is 1.91. The van der Waals surface area contributed by atoms with Crippen molar-refractivity contribution in [2.24, 2.45) is 16.3 Å². The Hall–Kier alpha value is -0.180. The van der Waals surface area contributed by atoms with Gasteiger partial charge < -0.3 is 5.32 Å². The lowest BCUT2D eigenvalue weighted by Crippen LogP contribution is -2.39. The van der Waals surface area contributed by atoms with Crippen molar-refractivity contribution in [2.75, 3.05) is 12.3 Å². The number of nitrogens with one attached hydrogen (secondary N) is 1. The van der Waals surface area contributed by atoms with Gasteiger partial charge in [0.1, 0.15) is 0 Å². The monoisotopic (exact) mass is 226 g/mol. The molecule has 3 heteroatoms. The number of nitrogens with zero attached hydrogens (tertiary/aromatic N) is 1. The molecule has 2 aliphatic rings. The molecule has 0 bridgehead atoms. The molecule has 1 saturated heterocycles. The first-order chi connectivity index (χ1) is 6.95. The van der Waals surface area contributed by atoms with Crippen molar-refractivity contribution in [1.29, 1.82) is 0 Å². The van der Waals surface area contributed by atoms with Gasteiger partial charge in [-0.05, 0) is 31.1 Å². The fourth-order valence-corrected chi connectivity index (χ4v) is 3.13. The molecule has 1 aliphatic heterocycles. The molecule has 2 nitrogen and oxygen atoms in total. The third-order valence-corrected chi connectivity index (χ3v) is 5.18. The number of amidine groups is 1. The highest BCUT2D eigenvalue weighted by Crippen LogP contribution is 2.51. The van der Waals surface area contributed by atoms with Crippen LogP contribution >= 0.6 is 11.8 Å². The molecule has 0 aromatic rings. The molecule has 1 aliphatic carbocycles. The van der Waals surface area contributed by atoms with E-state index in [1.54, 1.807) is 0 Å². The lowest BCUT2D eigenvalue weighted by Gasteiger charge is -2.20. The van der Waals surface area contributed by atoms with Gasteiger partial charge in [-0.25, -0.2) is 0 Å². The van der Waals surface area contributed by atoms with Gasteiger partial charge in [0.2, 0.25) is 0 Å². The number of aliphatic imine (C=N–C) groups is 1. The molecule has 2 atom stereocenters. The van der Waals surface area contributed by atoms with E-state index in [4.69, 9.17) is 4.99 Å². The molecule has 0 aromatic carbocycles. The van der Waals surface area contributed by atoms with Crippen LogP contribution in [0.1, 0.15) is 40.5 Å². The first kappa shape index (κ1) is 11.3. The second-order valence-electron chi connectivity index (χ2n) is 5.86. The van der Waals surface area contributed by atoms with Gasteiger partial charge in [0.25, 0.3) is 0 Å². The molecule has 1 heterocycles. The van der Waals surface area contributed by atoms with Gasteiger partial charge >= 0.3 is 0 Å². The molecular formula is C12H22N2S. The van der Waals surface area contributed by atoms with Gasteiger partial charge in [0.05, 0.1) is 0 Å². The Labute approximate surface area is 97.3 Å². The van der Waals surface area contributed by atoms with Gasteiger partial charge in [-0.3, -0.25) is 4.99 Å². The number of hydrogen-bond acceptors (Lipinski definition) is 2. The minimum atomic E-state index is 0.280. The average molecular weight is 226 g/mol.